The first kappa shape index (κ1) is 14.4. The van der Waals surface area contributed by atoms with Crippen LogP contribution in [0.25, 0.3) is 0 Å². The van der Waals surface area contributed by atoms with Crippen LogP contribution in [-0.2, 0) is 0 Å². The first-order chi connectivity index (χ1) is 9.65. The number of hydrogen-bond donors (Lipinski definition) is 1. The fourth-order valence-corrected chi connectivity index (χ4v) is 4.94. The van der Waals surface area contributed by atoms with Gasteiger partial charge in [-0.25, -0.2) is 0 Å². The summed E-state index contributed by atoms with van der Waals surface area (Å²) < 4.78 is 0.844. The molecule has 1 N–H and O–H groups in total. The lowest BCUT2D eigenvalue weighted by Crippen LogP contribution is -2.30. The van der Waals surface area contributed by atoms with E-state index in [-0.39, 0.29) is 11.9 Å². The van der Waals surface area contributed by atoms with Crippen LogP contribution < -0.4 is 5.32 Å². The molecule has 1 amide bonds. The average Bonchev–Trinajstić information content (AvgIpc) is 2.86. The van der Waals surface area contributed by atoms with E-state index in [0.717, 1.165) is 22.2 Å². The molecule has 0 bridgehead atoms. The van der Waals surface area contributed by atoms with Crippen LogP contribution in [0.2, 0.25) is 5.02 Å². The Morgan fingerprint density at radius 3 is 3.00 bits per heavy atom. The van der Waals surface area contributed by atoms with Gasteiger partial charge in [-0.15, -0.1) is 23.1 Å². The van der Waals surface area contributed by atoms with Crippen molar-refractivity contribution in [2.24, 2.45) is 0 Å². The predicted octanol–water partition coefficient (Wildman–Crippen LogP) is 5.13. The van der Waals surface area contributed by atoms with Gasteiger partial charge < -0.3 is 5.32 Å². The summed E-state index contributed by atoms with van der Waals surface area (Å²) in [5, 5.41) is 5.73. The van der Waals surface area contributed by atoms with E-state index in [1.54, 1.807) is 0 Å². The Balaban J connectivity index is 1.85. The van der Waals surface area contributed by atoms with Crippen molar-refractivity contribution in [3.05, 3.63) is 49.6 Å². The standard InChI is InChI=1S/C14H11BrClNOS2/c15-10-3-5-20-13(10)14(18)17-11-4-6-19-12-2-1-8(16)7-9(11)12/h1-3,5,7,11H,4,6H2,(H,17,18). The van der Waals surface area contributed by atoms with Gasteiger partial charge in [0.15, 0.2) is 0 Å². The normalized spacial score (nSPS) is 17.6. The fourth-order valence-electron chi connectivity index (χ4n) is 2.19. The molecule has 1 aromatic carbocycles. The van der Waals surface area contributed by atoms with Crippen molar-refractivity contribution in [1.29, 1.82) is 0 Å². The second-order valence-corrected chi connectivity index (χ2v) is 7.79. The number of nitrogens with one attached hydrogen (secondary N) is 1. The molecule has 0 saturated carbocycles. The Kier molecular flexibility index (Phi) is 4.40. The van der Waals surface area contributed by atoms with E-state index >= 15 is 0 Å². The summed E-state index contributed by atoms with van der Waals surface area (Å²) in [5.41, 5.74) is 1.12. The molecule has 1 unspecified atom stereocenters. The maximum atomic E-state index is 12.3. The van der Waals surface area contributed by atoms with Crippen LogP contribution in [0.3, 0.4) is 0 Å². The minimum Gasteiger partial charge on any atom is -0.344 e. The summed E-state index contributed by atoms with van der Waals surface area (Å²) in [6.07, 6.45) is 0.923. The zero-order chi connectivity index (χ0) is 14.1. The Morgan fingerprint density at radius 2 is 2.25 bits per heavy atom. The number of amides is 1. The summed E-state index contributed by atoms with van der Waals surface area (Å²) in [6, 6.07) is 7.81. The van der Waals surface area contributed by atoms with E-state index in [9.17, 15) is 4.79 Å². The lowest BCUT2D eigenvalue weighted by Gasteiger charge is -2.26. The van der Waals surface area contributed by atoms with Crippen LogP contribution in [-0.4, -0.2) is 11.7 Å². The van der Waals surface area contributed by atoms with Crippen molar-refractivity contribution in [3.63, 3.8) is 0 Å². The van der Waals surface area contributed by atoms with Crippen LogP contribution in [0.15, 0.2) is 39.0 Å². The van der Waals surface area contributed by atoms with Crippen molar-refractivity contribution in [3.8, 4) is 0 Å². The molecule has 0 spiro atoms. The van der Waals surface area contributed by atoms with Crippen molar-refractivity contribution in [1.82, 2.24) is 5.32 Å². The van der Waals surface area contributed by atoms with Gasteiger partial charge in [0.2, 0.25) is 0 Å². The van der Waals surface area contributed by atoms with Gasteiger partial charge in [-0.3, -0.25) is 4.79 Å². The Bertz CT molecular complexity index is 658. The highest BCUT2D eigenvalue weighted by atomic mass is 79.9. The maximum absolute atomic E-state index is 12.3. The Hall–Kier alpha value is -0.490. The van der Waals surface area contributed by atoms with Crippen LogP contribution in [0.5, 0.6) is 0 Å². The van der Waals surface area contributed by atoms with Gasteiger partial charge in [0.05, 0.1) is 6.04 Å². The molecule has 0 fully saturated rings. The summed E-state index contributed by atoms with van der Waals surface area (Å²) in [6.45, 7) is 0. The lowest BCUT2D eigenvalue weighted by molar-refractivity contribution is 0.0938. The molecule has 1 atom stereocenters. The van der Waals surface area contributed by atoms with E-state index in [0.29, 0.717) is 9.90 Å². The van der Waals surface area contributed by atoms with Gasteiger partial charge in [0.1, 0.15) is 4.88 Å². The van der Waals surface area contributed by atoms with Gasteiger partial charge in [0, 0.05) is 20.1 Å². The monoisotopic (exact) mass is 387 g/mol. The number of thioether (sulfide) groups is 1. The molecule has 1 aliphatic heterocycles. The van der Waals surface area contributed by atoms with Crippen LogP contribution in [0.4, 0.5) is 0 Å². The molecule has 0 radical (unpaired) electrons. The summed E-state index contributed by atoms with van der Waals surface area (Å²) >= 11 is 12.7. The Morgan fingerprint density at radius 1 is 1.40 bits per heavy atom. The van der Waals surface area contributed by atoms with Gasteiger partial charge in [-0.1, -0.05) is 11.6 Å². The quantitative estimate of drug-likeness (QED) is 0.772. The zero-order valence-electron chi connectivity index (χ0n) is 10.4. The van der Waals surface area contributed by atoms with Crippen LogP contribution in [0.1, 0.15) is 27.7 Å². The van der Waals surface area contributed by atoms with E-state index in [1.807, 2.05) is 41.4 Å². The number of fused-ring (bicyclic) bond motifs is 1. The summed E-state index contributed by atoms with van der Waals surface area (Å²) in [4.78, 5) is 14.2. The molecule has 6 heteroatoms. The second kappa shape index (κ2) is 6.10. The average molecular weight is 389 g/mol. The number of thiophene rings is 1. The molecule has 3 rings (SSSR count). The highest BCUT2D eigenvalue weighted by Crippen LogP contribution is 2.38. The summed E-state index contributed by atoms with van der Waals surface area (Å²) in [5.74, 6) is 0.972. The van der Waals surface area contributed by atoms with E-state index < -0.39 is 0 Å². The fraction of sp³-hybridized carbons (Fsp3) is 0.214. The van der Waals surface area contributed by atoms with Gasteiger partial charge >= 0.3 is 0 Å². The van der Waals surface area contributed by atoms with Gasteiger partial charge in [-0.2, -0.15) is 0 Å². The smallest absolute Gasteiger partial charge is 0.262 e. The highest BCUT2D eigenvalue weighted by molar-refractivity contribution is 9.10. The molecule has 0 aliphatic carbocycles. The first-order valence-electron chi connectivity index (χ1n) is 6.11. The topological polar surface area (TPSA) is 29.1 Å². The number of benzene rings is 1. The minimum absolute atomic E-state index is 0.0327. The van der Waals surface area contributed by atoms with Gasteiger partial charge in [-0.05, 0) is 57.6 Å². The molecule has 2 nitrogen and oxygen atoms in total. The largest absolute Gasteiger partial charge is 0.344 e. The van der Waals surface area contributed by atoms with Crippen LogP contribution >= 0.6 is 50.6 Å². The lowest BCUT2D eigenvalue weighted by atomic mass is 10.0. The molecule has 20 heavy (non-hydrogen) atoms. The van der Waals surface area contributed by atoms with Crippen molar-refractivity contribution in [2.75, 3.05) is 5.75 Å². The third kappa shape index (κ3) is 2.91. The molecule has 1 aromatic heterocycles. The first-order valence-corrected chi connectivity index (χ1v) is 9.15. The maximum Gasteiger partial charge on any atom is 0.262 e. The molecular formula is C14H11BrClNOS2. The number of carbonyl (C=O) groups excluding carboxylic acids is 1. The number of carbonyl (C=O) groups is 1. The van der Waals surface area contributed by atoms with Crippen molar-refractivity contribution < 1.29 is 4.79 Å². The molecular weight excluding hydrogens is 378 g/mol. The third-order valence-corrected chi connectivity index (χ3v) is 6.33. The predicted molar refractivity (Wildman–Crippen MR) is 89.0 cm³/mol. The zero-order valence-corrected chi connectivity index (χ0v) is 14.3. The van der Waals surface area contributed by atoms with E-state index in [1.165, 1.54) is 16.2 Å². The molecule has 104 valence electrons. The molecule has 2 heterocycles. The second-order valence-electron chi connectivity index (χ2n) is 4.44. The van der Waals surface area contributed by atoms with E-state index in [4.69, 9.17) is 11.6 Å². The third-order valence-electron chi connectivity index (χ3n) is 3.14. The summed E-state index contributed by atoms with van der Waals surface area (Å²) in [7, 11) is 0. The highest BCUT2D eigenvalue weighted by Gasteiger charge is 2.24. The van der Waals surface area contributed by atoms with Gasteiger partial charge in [0.25, 0.3) is 5.91 Å². The Labute approximate surface area is 139 Å². The van der Waals surface area contributed by atoms with Crippen LogP contribution in [0, 0.1) is 0 Å². The molecule has 2 aromatic rings. The minimum atomic E-state index is -0.0327. The van der Waals surface area contributed by atoms with E-state index in [2.05, 4.69) is 21.2 Å². The molecule has 0 saturated heterocycles. The number of halogens is 2. The van der Waals surface area contributed by atoms with Crippen molar-refractivity contribution >= 4 is 56.5 Å². The number of hydrogen-bond acceptors (Lipinski definition) is 3. The number of rotatable bonds is 2. The van der Waals surface area contributed by atoms with Crippen molar-refractivity contribution in [2.45, 2.75) is 17.4 Å². The SMILES string of the molecule is O=C(NC1CCSc2ccc(Cl)cc21)c1sccc1Br. The molecule has 1 aliphatic rings.